The molecule has 3 heterocycles. The van der Waals surface area contributed by atoms with Crippen molar-refractivity contribution in [2.45, 2.75) is 13.0 Å². The van der Waals surface area contributed by atoms with Crippen molar-refractivity contribution in [1.29, 1.82) is 0 Å². The van der Waals surface area contributed by atoms with Gasteiger partial charge in [0.25, 0.3) is 5.91 Å². The summed E-state index contributed by atoms with van der Waals surface area (Å²) in [5, 5.41) is 3.27. The molecule has 2 aliphatic heterocycles. The number of carbonyl (C=O) groups excluding carboxylic acids is 1. The van der Waals surface area contributed by atoms with Crippen LogP contribution in [0.15, 0.2) is 51.7 Å². The van der Waals surface area contributed by atoms with Gasteiger partial charge >= 0.3 is 0 Å². The Morgan fingerprint density at radius 2 is 1.74 bits per heavy atom. The second-order valence-electron chi connectivity index (χ2n) is 7.47. The van der Waals surface area contributed by atoms with Crippen LogP contribution in [0.5, 0.6) is 0 Å². The van der Waals surface area contributed by atoms with E-state index in [1.165, 1.54) is 29.2 Å². The molecule has 0 atom stereocenters. The number of benzene rings is 2. The molecule has 2 N–H and O–H groups in total. The molecular formula is C22H17BrF2N4O2. The molecule has 9 heteroatoms. The fourth-order valence-corrected chi connectivity index (χ4v) is 4.43. The van der Waals surface area contributed by atoms with Gasteiger partial charge in [-0.05, 0) is 57.9 Å². The van der Waals surface area contributed by atoms with Crippen molar-refractivity contribution >= 4 is 38.9 Å². The van der Waals surface area contributed by atoms with Crippen molar-refractivity contribution in [1.82, 2.24) is 10.3 Å². The van der Waals surface area contributed by atoms with Crippen LogP contribution in [0.3, 0.4) is 0 Å². The molecular weight excluding hydrogens is 470 g/mol. The van der Waals surface area contributed by atoms with E-state index in [9.17, 15) is 18.4 Å². The summed E-state index contributed by atoms with van der Waals surface area (Å²) in [5.74, 6) is -1.30. The summed E-state index contributed by atoms with van der Waals surface area (Å²) in [6.07, 6.45) is 0.460. The number of anilines is 3. The summed E-state index contributed by atoms with van der Waals surface area (Å²) in [5.41, 5.74) is 3.01. The quantitative estimate of drug-likeness (QED) is 0.506. The topological polar surface area (TPSA) is 68.4 Å². The number of fused-ring (bicyclic) bond motifs is 8. The van der Waals surface area contributed by atoms with E-state index < -0.39 is 5.82 Å². The second kappa shape index (κ2) is 7.58. The average molecular weight is 487 g/mol. The van der Waals surface area contributed by atoms with Crippen LogP contribution in [0.25, 0.3) is 0 Å². The highest BCUT2D eigenvalue weighted by atomic mass is 79.9. The summed E-state index contributed by atoms with van der Waals surface area (Å²) in [7, 11) is 0. The lowest BCUT2D eigenvalue weighted by atomic mass is 10.0. The fourth-order valence-electron chi connectivity index (χ4n) is 4.10. The molecule has 6 nitrogen and oxygen atoms in total. The highest BCUT2D eigenvalue weighted by Gasteiger charge is 2.34. The molecule has 2 bridgehead atoms. The molecule has 1 amide bonds. The molecule has 0 saturated heterocycles. The van der Waals surface area contributed by atoms with Gasteiger partial charge in [0.2, 0.25) is 5.56 Å². The predicted octanol–water partition coefficient (Wildman–Crippen LogP) is 3.82. The van der Waals surface area contributed by atoms with Gasteiger partial charge in [0.05, 0.1) is 21.4 Å². The van der Waals surface area contributed by atoms with Crippen LogP contribution in [0.1, 0.15) is 21.6 Å². The first-order valence-corrected chi connectivity index (χ1v) is 10.5. The Bertz CT molecular complexity index is 1280. The van der Waals surface area contributed by atoms with E-state index in [2.05, 4.69) is 26.2 Å². The molecule has 2 aliphatic rings. The Morgan fingerprint density at radius 3 is 2.58 bits per heavy atom. The number of carbonyl (C=O) groups is 1. The molecule has 0 radical (unpaired) electrons. The lowest BCUT2D eigenvalue weighted by Crippen LogP contribution is -2.46. The zero-order chi connectivity index (χ0) is 21.7. The van der Waals surface area contributed by atoms with Crippen molar-refractivity contribution in [2.75, 3.05) is 23.0 Å². The number of aromatic amines is 1. The van der Waals surface area contributed by atoms with Gasteiger partial charge in [-0.3, -0.25) is 14.5 Å². The number of aromatic nitrogens is 1. The maximum Gasteiger partial charge on any atom is 0.262 e. The maximum atomic E-state index is 14.4. The van der Waals surface area contributed by atoms with Crippen molar-refractivity contribution < 1.29 is 13.6 Å². The van der Waals surface area contributed by atoms with Crippen LogP contribution in [0.2, 0.25) is 0 Å². The first kappa shape index (κ1) is 19.9. The van der Waals surface area contributed by atoms with E-state index in [4.69, 9.17) is 0 Å². The van der Waals surface area contributed by atoms with Crippen molar-refractivity contribution in [2.24, 2.45) is 0 Å². The van der Waals surface area contributed by atoms with E-state index in [-0.39, 0.29) is 34.0 Å². The maximum absolute atomic E-state index is 14.4. The van der Waals surface area contributed by atoms with E-state index in [1.807, 2.05) is 4.90 Å². The molecule has 2 aromatic carbocycles. The number of halogens is 3. The molecule has 31 heavy (non-hydrogen) atoms. The van der Waals surface area contributed by atoms with Gasteiger partial charge in [-0.1, -0.05) is 0 Å². The van der Waals surface area contributed by atoms with Crippen LogP contribution in [-0.4, -0.2) is 24.1 Å². The largest absolute Gasteiger partial charge is 0.324 e. The summed E-state index contributed by atoms with van der Waals surface area (Å²) in [6, 6.07) is 10.2. The minimum absolute atomic E-state index is 0.127. The number of hydrogen-bond acceptors (Lipinski definition) is 4. The number of nitrogens with one attached hydrogen (secondary N) is 2. The van der Waals surface area contributed by atoms with Gasteiger partial charge in [0, 0.05) is 37.0 Å². The Kier molecular flexibility index (Phi) is 4.86. The molecule has 0 spiro atoms. The van der Waals surface area contributed by atoms with Crippen LogP contribution in [-0.2, 0) is 13.0 Å². The molecule has 0 fully saturated rings. The van der Waals surface area contributed by atoms with E-state index >= 15 is 0 Å². The second-order valence-corrected chi connectivity index (χ2v) is 8.33. The molecule has 0 saturated carbocycles. The average Bonchev–Trinajstić information content (AvgIpc) is 2.76. The number of H-pyrrole nitrogens is 1. The number of amides is 1. The van der Waals surface area contributed by atoms with Crippen LogP contribution < -0.4 is 20.7 Å². The van der Waals surface area contributed by atoms with Gasteiger partial charge in [0.15, 0.2) is 0 Å². The van der Waals surface area contributed by atoms with Crippen molar-refractivity contribution in [3.63, 3.8) is 0 Å². The Balaban J connectivity index is 1.78. The number of hydrogen-bond donors (Lipinski definition) is 2. The van der Waals surface area contributed by atoms with Crippen LogP contribution in [0.4, 0.5) is 25.8 Å². The standard InChI is InChI=1S/C22H17BrF2N4O2/c23-15-9-20-14(8-16(15)25)22(31)29-11-28(20)18-2-1-13(24)7-12(18)10-26-6-5-17-19(29)3-4-21(30)27-17/h1-4,7-9,26H,5-6,10-11H2,(H,27,30). The fraction of sp³-hybridized carbons (Fsp3) is 0.182. The summed E-state index contributed by atoms with van der Waals surface area (Å²) in [4.78, 5) is 31.5. The number of pyridine rings is 1. The van der Waals surface area contributed by atoms with Gasteiger partial charge in [-0.15, -0.1) is 0 Å². The highest BCUT2D eigenvalue weighted by molar-refractivity contribution is 9.10. The summed E-state index contributed by atoms with van der Waals surface area (Å²) >= 11 is 3.21. The highest BCUT2D eigenvalue weighted by Crippen LogP contribution is 2.40. The van der Waals surface area contributed by atoms with Gasteiger partial charge in [-0.25, -0.2) is 8.78 Å². The lowest BCUT2D eigenvalue weighted by molar-refractivity contribution is 0.0982. The Hall–Kier alpha value is -3.04. The molecule has 1 aromatic heterocycles. The molecule has 158 valence electrons. The molecule has 5 rings (SSSR count). The van der Waals surface area contributed by atoms with Gasteiger partial charge in [0.1, 0.15) is 18.3 Å². The molecule has 0 aliphatic carbocycles. The van der Waals surface area contributed by atoms with Gasteiger partial charge in [-0.2, -0.15) is 0 Å². The number of nitrogens with zero attached hydrogens (tertiary/aromatic N) is 2. The third-order valence-corrected chi connectivity index (χ3v) is 6.16. The van der Waals surface area contributed by atoms with Gasteiger partial charge < -0.3 is 15.2 Å². The van der Waals surface area contributed by atoms with E-state index in [0.717, 1.165) is 0 Å². The Labute approximate surface area is 184 Å². The first-order valence-electron chi connectivity index (χ1n) is 9.72. The first-order chi connectivity index (χ1) is 14.9. The van der Waals surface area contributed by atoms with E-state index in [1.54, 1.807) is 18.2 Å². The summed E-state index contributed by atoms with van der Waals surface area (Å²) < 4.78 is 28.7. The zero-order valence-corrected chi connectivity index (χ0v) is 17.8. The normalized spacial score (nSPS) is 15.6. The third kappa shape index (κ3) is 3.43. The number of rotatable bonds is 0. The lowest BCUT2D eigenvalue weighted by Gasteiger charge is -2.39. The molecule has 0 unspecified atom stereocenters. The van der Waals surface area contributed by atoms with Crippen molar-refractivity contribution in [3.05, 3.63) is 85.7 Å². The molecule has 3 aromatic rings. The van der Waals surface area contributed by atoms with E-state index in [0.29, 0.717) is 47.8 Å². The zero-order valence-electron chi connectivity index (χ0n) is 16.2. The smallest absolute Gasteiger partial charge is 0.262 e. The summed E-state index contributed by atoms with van der Waals surface area (Å²) in [6.45, 7) is 1.03. The minimum atomic E-state index is -0.555. The van der Waals surface area contributed by atoms with Crippen molar-refractivity contribution in [3.8, 4) is 0 Å². The SMILES string of the molecule is O=C1c2cc(F)c(Br)cc2N2CN1c1ccc(=O)[nH]c1CCNCc1cc(F)ccc12. The third-order valence-electron chi connectivity index (χ3n) is 5.55. The minimum Gasteiger partial charge on any atom is -0.324 e. The Morgan fingerprint density at radius 1 is 0.935 bits per heavy atom. The van der Waals surface area contributed by atoms with Crippen LogP contribution >= 0.6 is 15.9 Å². The monoisotopic (exact) mass is 486 g/mol. The predicted molar refractivity (Wildman–Crippen MR) is 117 cm³/mol. The van der Waals surface area contributed by atoms with Crippen LogP contribution in [0, 0.1) is 11.6 Å².